The number of hydrogen-bond acceptors (Lipinski definition) is 6. The summed E-state index contributed by atoms with van der Waals surface area (Å²) in [4.78, 5) is 17.2. The third-order valence-corrected chi connectivity index (χ3v) is 5.96. The molecule has 1 aromatic heterocycles. The molecule has 7 heteroatoms. The van der Waals surface area contributed by atoms with Crippen LogP contribution < -0.4 is 9.47 Å². The van der Waals surface area contributed by atoms with Crippen molar-refractivity contribution in [2.24, 2.45) is 0 Å². The Kier molecular flexibility index (Phi) is 7.19. The maximum absolute atomic E-state index is 12.4. The molecule has 2 aromatic carbocycles. The lowest BCUT2D eigenvalue weighted by Gasteiger charge is -2.35. The largest absolute Gasteiger partial charge is 0.491 e. The molecule has 1 atom stereocenters. The third kappa shape index (κ3) is 6.07. The molecule has 1 aliphatic rings. The highest BCUT2D eigenvalue weighted by Crippen LogP contribution is 2.23. The summed E-state index contributed by atoms with van der Waals surface area (Å²) in [5.41, 5.74) is 0. The fourth-order valence-electron chi connectivity index (χ4n) is 3.46. The highest BCUT2D eigenvalue weighted by Gasteiger charge is 2.24. The van der Waals surface area contributed by atoms with E-state index in [0.29, 0.717) is 25.4 Å². The van der Waals surface area contributed by atoms with Gasteiger partial charge in [0.15, 0.2) is 0 Å². The molecule has 3 aromatic rings. The van der Waals surface area contributed by atoms with Crippen molar-refractivity contribution in [1.82, 2.24) is 9.80 Å². The van der Waals surface area contributed by atoms with Crippen LogP contribution in [0.2, 0.25) is 0 Å². The number of piperazine rings is 1. The molecule has 6 nitrogen and oxygen atoms in total. The van der Waals surface area contributed by atoms with E-state index in [2.05, 4.69) is 4.90 Å². The van der Waals surface area contributed by atoms with Crippen LogP contribution in [0.15, 0.2) is 72.1 Å². The number of benzene rings is 2. The van der Waals surface area contributed by atoms with E-state index in [1.54, 1.807) is 0 Å². The first-order valence-corrected chi connectivity index (χ1v) is 11.2. The van der Waals surface area contributed by atoms with E-state index < -0.39 is 6.10 Å². The van der Waals surface area contributed by atoms with Crippen molar-refractivity contribution < 1.29 is 19.4 Å². The molecule has 0 spiro atoms. The number of β-amino-alcohol motifs (C(OH)–C–C–N with tert-alkyl or cyclic N) is 1. The van der Waals surface area contributed by atoms with Crippen LogP contribution in [0.5, 0.6) is 17.2 Å². The van der Waals surface area contributed by atoms with Gasteiger partial charge in [-0.3, -0.25) is 9.69 Å². The summed E-state index contributed by atoms with van der Waals surface area (Å²) in [5, 5.41) is 12.3. The van der Waals surface area contributed by atoms with Crippen molar-refractivity contribution in [3.05, 3.63) is 77.0 Å². The standard InChI is InChI=1S/C24H26N2O4S/c27-19(17-25-12-14-26(15-13-25)24(28)23-7-4-16-31-23)18-29-20-8-10-22(11-9-20)30-21-5-2-1-3-6-21/h1-11,16,19,27H,12-15,17-18H2/t19-/m1/s1. The number of aliphatic hydroxyl groups is 1. The zero-order valence-electron chi connectivity index (χ0n) is 17.2. The minimum absolute atomic E-state index is 0.0956. The molecule has 0 unspecified atom stereocenters. The molecule has 1 aliphatic heterocycles. The lowest BCUT2D eigenvalue weighted by Crippen LogP contribution is -2.50. The van der Waals surface area contributed by atoms with Crippen molar-refractivity contribution in [2.75, 3.05) is 39.3 Å². The molecular formula is C24H26N2O4S. The van der Waals surface area contributed by atoms with Crippen LogP contribution in [-0.4, -0.2) is 66.2 Å². The van der Waals surface area contributed by atoms with Gasteiger partial charge in [0.05, 0.1) is 4.88 Å². The lowest BCUT2D eigenvalue weighted by atomic mass is 10.2. The molecule has 1 N–H and O–H groups in total. The molecule has 0 aliphatic carbocycles. The number of para-hydroxylation sites is 1. The number of carbonyl (C=O) groups excluding carboxylic acids is 1. The van der Waals surface area contributed by atoms with Crippen molar-refractivity contribution in [3.63, 3.8) is 0 Å². The van der Waals surface area contributed by atoms with Gasteiger partial charge < -0.3 is 19.5 Å². The number of carbonyl (C=O) groups is 1. The molecule has 0 saturated carbocycles. The first-order chi connectivity index (χ1) is 15.2. The van der Waals surface area contributed by atoms with Gasteiger partial charge in [-0.1, -0.05) is 24.3 Å². The Hall–Kier alpha value is -2.87. The van der Waals surface area contributed by atoms with E-state index in [4.69, 9.17) is 9.47 Å². The summed E-state index contributed by atoms with van der Waals surface area (Å²) >= 11 is 1.47. The summed E-state index contributed by atoms with van der Waals surface area (Å²) in [5.74, 6) is 2.29. The summed E-state index contributed by atoms with van der Waals surface area (Å²) in [6.45, 7) is 3.59. The van der Waals surface area contributed by atoms with Gasteiger partial charge in [-0.25, -0.2) is 0 Å². The number of ether oxygens (including phenoxy) is 2. The minimum Gasteiger partial charge on any atom is -0.491 e. The topological polar surface area (TPSA) is 62.2 Å². The predicted octanol–water partition coefficient (Wildman–Crippen LogP) is 3.74. The van der Waals surface area contributed by atoms with Gasteiger partial charge in [0.2, 0.25) is 0 Å². The number of hydrogen-bond donors (Lipinski definition) is 1. The van der Waals surface area contributed by atoms with Crippen LogP contribution in [0.1, 0.15) is 9.67 Å². The fourth-order valence-corrected chi connectivity index (χ4v) is 4.15. The van der Waals surface area contributed by atoms with E-state index in [1.807, 2.05) is 77.0 Å². The van der Waals surface area contributed by atoms with Crippen molar-refractivity contribution in [3.8, 4) is 17.2 Å². The maximum Gasteiger partial charge on any atom is 0.264 e. The monoisotopic (exact) mass is 438 g/mol. The van der Waals surface area contributed by atoms with E-state index in [9.17, 15) is 9.90 Å². The van der Waals surface area contributed by atoms with Gasteiger partial charge in [-0.15, -0.1) is 11.3 Å². The number of aliphatic hydroxyl groups excluding tert-OH is 1. The number of rotatable bonds is 8. The Morgan fingerprint density at radius 2 is 1.58 bits per heavy atom. The average Bonchev–Trinajstić information content (AvgIpc) is 3.34. The van der Waals surface area contributed by atoms with E-state index >= 15 is 0 Å². The quantitative estimate of drug-likeness (QED) is 0.581. The van der Waals surface area contributed by atoms with E-state index in [1.165, 1.54) is 11.3 Å². The minimum atomic E-state index is -0.597. The summed E-state index contributed by atoms with van der Waals surface area (Å²) in [6.07, 6.45) is -0.597. The van der Waals surface area contributed by atoms with Crippen LogP contribution in [0.25, 0.3) is 0 Å². The molecule has 1 saturated heterocycles. The van der Waals surface area contributed by atoms with Crippen LogP contribution in [0.3, 0.4) is 0 Å². The smallest absolute Gasteiger partial charge is 0.264 e. The molecule has 1 fully saturated rings. The highest BCUT2D eigenvalue weighted by molar-refractivity contribution is 7.12. The van der Waals surface area contributed by atoms with E-state index in [-0.39, 0.29) is 12.5 Å². The molecule has 0 radical (unpaired) electrons. The van der Waals surface area contributed by atoms with Crippen molar-refractivity contribution in [2.45, 2.75) is 6.10 Å². The molecule has 1 amide bonds. The molecule has 4 rings (SSSR count). The first kappa shape index (κ1) is 21.4. The van der Waals surface area contributed by atoms with Crippen LogP contribution in [0, 0.1) is 0 Å². The Labute approximate surface area is 186 Å². The molecule has 2 heterocycles. The summed E-state index contributed by atoms with van der Waals surface area (Å²) in [7, 11) is 0. The molecule has 31 heavy (non-hydrogen) atoms. The zero-order chi connectivity index (χ0) is 21.5. The molecule has 162 valence electrons. The second-order valence-electron chi connectivity index (χ2n) is 7.42. The molecule has 0 bridgehead atoms. The zero-order valence-corrected chi connectivity index (χ0v) is 18.0. The summed E-state index contributed by atoms with van der Waals surface area (Å²) in [6, 6.07) is 20.7. The van der Waals surface area contributed by atoms with Gasteiger partial charge in [0.1, 0.15) is 30.0 Å². The van der Waals surface area contributed by atoms with Gasteiger partial charge in [0.25, 0.3) is 5.91 Å². The normalized spacial score (nSPS) is 15.5. The van der Waals surface area contributed by atoms with Gasteiger partial charge in [0, 0.05) is 32.7 Å². The molecular weight excluding hydrogens is 412 g/mol. The Morgan fingerprint density at radius 1 is 0.903 bits per heavy atom. The van der Waals surface area contributed by atoms with Gasteiger partial charge >= 0.3 is 0 Å². The second kappa shape index (κ2) is 10.4. The second-order valence-corrected chi connectivity index (χ2v) is 8.37. The van der Waals surface area contributed by atoms with Crippen LogP contribution >= 0.6 is 11.3 Å². The number of thiophene rings is 1. The average molecular weight is 439 g/mol. The Balaban J connectivity index is 1.17. The van der Waals surface area contributed by atoms with Crippen LogP contribution in [-0.2, 0) is 0 Å². The Morgan fingerprint density at radius 3 is 2.26 bits per heavy atom. The lowest BCUT2D eigenvalue weighted by molar-refractivity contribution is 0.0406. The maximum atomic E-state index is 12.4. The van der Waals surface area contributed by atoms with Crippen LogP contribution in [0.4, 0.5) is 0 Å². The SMILES string of the molecule is O=C(c1cccs1)N1CCN(C[C@@H](O)COc2ccc(Oc3ccccc3)cc2)CC1. The van der Waals surface area contributed by atoms with Gasteiger partial charge in [-0.05, 0) is 47.8 Å². The predicted molar refractivity (Wildman–Crippen MR) is 121 cm³/mol. The van der Waals surface area contributed by atoms with E-state index in [0.717, 1.165) is 29.5 Å². The first-order valence-electron chi connectivity index (χ1n) is 10.4. The van der Waals surface area contributed by atoms with Gasteiger partial charge in [-0.2, -0.15) is 0 Å². The Bertz CT molecular complexity index is 939. The number of amides is 1. The van der Waals surface area contributed by atoms with Crippen molar-refractivity contribution >= 4 is 17.2 Å². The highest BCUT2D eigenvalue weighted by atomic mass is 32.1. The van der Waals surface area contributed by atoms with Crippen molar-refractivity contribution in [1.29, 1.82) is 0 Å². The fraction of sp³-hybridized carbons (Fsp3) is 0.292. The third-order valence-electron chi connectivity index (χ3n) is 5.11. The summed E-state index contributed by atoms with van der Waals surface area (Å²) < 4.78 is 11.5. The number of nitrogens with zero attached hydrogens (tertiary/aromatic N) is 2.